The zero-order chi connectivity index (χ0) is 14.9. The number of halogens is 3. The summed E-state index contributed by atoms with van der Waals surface area (Å²) in [5.41, 5.74) is 0. The molecule has 2 heterocycles. The second kappa shape index (κ2) is 5.89. The summed E-state index contributed by atoms with van der Waals surface area (Å²) in [5, 5.41) is 2.38. The van der Waals surface area contributed by atoms with E-state index in [0.29, 0.717) is 0 Å². The van der Waals surface area contributed by atoms with Gasteiger partial charge in [-0.15, -0.1) is 0 Å². The summed E-state index contributed by atoms with van der Waals surface area (Å²) in [6.07, 6.45) is -2.75. The molecule has 1 amide bonds. The number of carbonyl (C=O) groups excluding carboxylic acids is 1. The van der Waals surface area contributed by atoms with E-state index >= 15 is 0 Å². The summed E-state index contributed by atoms with van der Waals surface area (Å²) in [5.74, 6) is -0.296. The van der Waals surface area contributed by atoms with Crippen LogP contribution in [-0.2, 0) is 4.79 Å². The highest BCUT2D eigenvalue weighted by molar-refractivity contribution is 5.76. The van der Waals surface area contributed by atoms with Crippen molar-refractivity contribution in [2.75, 3.05) is 19.6 Å². The van der Waals surface area contributed by atoms with Crippen LogP contribution < -0.4 is 5.32 Å². The molecule has 116 valence electrons. The summed E-state index contributed by atoms with van der Waals surface area (Å²) in [6, 6.07) is -1.37. The van der Waals surface area contributed by atoms with Crippen molar-refractivity contribution in [3.8, 4) is 0 Å². The van der Waals surface area contributed by atoms with Crippen LogP contribution in [0.2, 0.25) is 0 Å². The second-order valence-electron chi connectivity index (χ2n) is 5.80. The average molecular weight is 293 g/mol. The monoisotopic (exact) mass is 293 g/mol. The highest BCUT2D eigenvalue weighted by Crippen LogP contribution is 2.32. The maximum Gasteiger partial charge on any atom is 0.405 e. The average Bonchev–Trinajstić information content (AvgIpc) is 2.72. The van der Waals surface area contributed by atoms with Gasteiger partial charge in [-0.25, -0.2) is 0 Å². The van der Waals surface area contributed by atoms with Crippen molar-refractivity contribution in [1.29, 1.82) is 0 Å². The molecule has 2 aliphatic heterocycles. The molecule has 0 aromatic carbocycles. The summed E-state index contributed by atoms with van der Waals surface area (Å²) in [4.78, 5) is 15.0. The number of likely N-dealkylation sites (tertiary alicyclic amines) is 1. The lowest BCUT2D eigenvalue weighted by Gasteiger charge is -2.41. The van der Waals surface area contributed by atoms with Gasteiger partial charge in [0.1, 0.15) is 6.04 Å². The Kier molecular flexibility index (Phi) is 4.59. The molecule has 0 radical (unpaired) electrons. The van der Waals surface area contributed by atoms with Gasteiger partial charge in [0.15, 0.2) is 0 Å². The summed E-state index contributed by atoms with van der Waals surface area (Å²) in [7, 11) is 0. The number of amides is 1. The maximum absolute atomic E-state index is 13.3. The van der Waals surface area contributed by atoms with Crippen LogP contribution in [0.3, 0.4) is 0 Å². The molecule has 4 nitrogen and oxygen atoms in total. The number of nitrogens with one attached hydrogen (secondary N) is 1. The molecule has 2 atom stereocenters. The number of hydrogen-bond acceptors (Lipinski definition) is 3. The molecular weight excluding hydrogens is 271 g/mol. The Balaban J connectivity index is 2.22. The van der Waals surface area contributed by atoms with Gasteiger partial charge in [0, 0.05) is 32.1 Å². The third-order valence-corrected chi connectivity index (χ3v) is 4.18. The Bertz CT molecular complexity index is 359. The molecule has 0 bridgehead atoms. The fourth-order valence-electron chi connectivity index (χ4n) is 3.19. The molecule has 0 saturated carbocycles. The van der Waals surface area contributed by atoms with E-state index in [4.69, 9.17) is 0 Å². The normalized spacial score (nSPS) is 30.6. The van der Waals surface area contributed by atoms with E-state index in [2.05, 4.69) is 10.2 Å². The van der Waals surface area contributed by atoms with Gasteiger partial charge in [0.05, 0.1) is 6.17 Å². The van der Waals surface area contributed by atoms with Gasteiger partial charge in [-0.05, 0) is 26.7 Å². The van der Waals surface area contributed by atoms with E-state index < -0.39 is 12.2 Å². The van der Waals surface area contributed by atoms with Crippen LogP contribution in [0.1, 0.15) is 33.1 Å². The molecule has 0 aliphatic carbocycles. The van der Waals surface area contributed by atoms with Crippen molar-refractivity contribution in [3.63, 3.8) is 0 Å². The Hall–Kier alpha value is -0.820. The first-order valence-corrected chi connectivity index (χ1v) is 7.15. The van der Waals surface area contributed by atoms with Gasteiger partial charge < -0.3 is 5.32 Å². The summed E-state index contributed by atoms with van der Waals surface area (Å²) >= 11 is 0. The van der Waals surface area contributed by atoms with Crippen LogP contribution >= 0.6 is 0 Å². The standard InChI is InChI=1S/C13H22F3N3O/c1-9(2)18-6-3-4-12(18)19-7-5-11(20)17-8-10(19)13(14,15)16/h9-10,12H,3-8H2,1-2H3,(H,17,20). The third-order valence-electron chi connectivity index (χ3n) is 4.18. The maximum atomic E-state index is 13.3. The Morgan fingerprint density at radius 2 is 2.00 bits per heavy atom. The molecule has 0 spiro atoms. The molecule has 1 N–H and O–H groups in total. The molecule has 2 rings (SSSR count). The van der Waals surface area contributed by atoms with E-state index in [0.717, 1.165) is 19.4 Å². The van der Waals surface area contributed by atoms with Crippen molar-refractivity contribution in [1.82, 2.24) is 15.1 Å². The van der Waals surface area contributed by atoms with Crippen molar-refractivity contribution < 1.29 is 18.0 Å². The topological polar surface area (TPSA) is 35.6 Å². The van der Waals surface area contributed by atoms with E-state index in [9.17, 15) is 18.0 Å². The van der Waals surface area contributed by atoms with Gasteiger partial charge in [-0.3, -0.25) is 14.6 Å². The predicted octanol–water partition coefficient (Wildman–Crippen LogP) is 1.57. The number of hydrogen-bond donors (Lipinski definition) is 1. The minimum Gasteiger partial charge on any atom is -0.354 e. The molecule has 2 fully saturated rings. The van der Waals surface area contributed by atoms with Crippen molar-refractivity contribution in [2.24, 2.45) is 0 Å². The van der Waals surface area contributed by atoms with Crippen LogP contribution in [-0.4, -0.2) is 59.8 Å². The minimum absolute atomic E-state index is 0.134. The Labute approximate surface area is 117 Å². The van der Waals surface area contributed by atoms with Crippen LogP contribution in [0.15, 0.2) is 0 Å². The van der Waals surface area contributed by atoms with Crippen LogP contribution in [0.25, 0.3) is 0 Å². The minimum atomic E-state index is -4.32. The molecule has 2 unspecified atom stereocenters. The fourth-order valence-corrected chi connectivity index (χ4v) is 3.19. The van der Waals surface area contributed by atoms with Gasteiger partial charge >= 0.3 is 6.18 Å². The van der Waals surface area contributed by atoms with E-state index in [1.165, 1.54) is 4.90 Å². The number of nitrogens with zero attached hydrogens (tertiary/aromatic N) is 2. The molecule has 0 aromatic rings. The summed E-state index contributed by atoms with van der Waals surface area (Å²) in [6.45, 7) is 4.66. The van der Waals surface area contributed by atoms with Crippen molar-refractivity contribution >= 4 is 5.91 Å². The lowest BCUT2D eigenvalue weighted by atomic mass is 10.1. The largest absolute Gasteiger partial charge is 0.405 e. The van der Waals surface area contributed by atoms with E-state index in [1.807, 2.05) is 13.8 Å². The predicted molar refractivity (Wildman–Crippen MR) is 69.0 cm³/mol. The molecular formula is C13H22F3N3O. The molecule has 2 saturated heterocycles. The molecule has 2 aliphatic rings. The first-order chi connectivity index (χ1) is 9.30. The zero-order valence-electron chi connectivity index (χ0n) is 11.9. The molecule has 7 heteroatoms. The van der Waals surface area contributed by atoms with Gasteiger partial charge in [-0.1, -0.05) is 0 Å². The van der Waals surface area contributed by atoms with Crippen LogP contribution in [0, 0.1) is 0 Å². The Morgan fingerprint density at radius 1 is 1.30 bits per heavy atom. The SMILES string of the molecule is CC(C)N1CCCC1N1CCC(=O)NCC1C(F)(F)F. The highest BCUT2D eigenvalue weighted by atomic mass is 19.4. The lowest BCUT2D eigenvalue weighted by molar-refractivity contribution is -0.194. The second-order valence-corrected chi connectivity index (χ2v) is 5.80. The zero-order valence-corrected chi connectivity index (χ0v) is 11.9. The lowest BCUT2D eigenvalue weighted by Crippen LogP contribution is -2.58. The Morgan fingerprint density at radius 3 is 2.60 bits per heavy atom. The van der Waals surface area contributed by atoms with Crippen molar-refractivity contribution in [2.45, 2.75) is 57.5 Å². The van der Waals surface area contributed by atoms with Gasteiger partial charge in [0.2, 0.25) is 5.91 Å². The number of rotatable bonds is 2. The number of carbonyl (C=O) groups is 1. The molecule has 0 aromatic heterocycles. The molecule has 20 heavy (non-hydrogen) atoms. The fraction of sp³-hybridized carbons (Fsp3) is 0.923. The first kappa shape index (κ1) is 15.6. The van der Waals surface area contributed by atoms with Gasteiger partial charge in [0.25, 0.3) is 0 Å². The van der Waals surface area contributed by atoms with Crippen LogP contribution in [0.4, 0.5) is 13.2 Å². The van der Waals surface area contributed by atoms with Crippen molar-refractivity contribution in [3.05, 3.63) is 0 Å². The van der Waals surface area contributed by atoms with Gasteiger partial charge in [-0.2, -0.15) is 13.2 Å². The summed E-state index contributed by atoms with van der Waals surface area (Å²) < 4.78 is 39.8. The van der Waals surface area contributed by atoms with E-state index in [-0.39, 0.29) is 37.6 Å². The smallest absolute Gasteiger partial charge is 0.354 e. The van der Waals surface area contributed by atoms with E-state index in [1.54, 1.807) is 0 Å². The first-order valence-electron chi connectivity index (χ1n) is 7.15. The highest BCUT2D eigenvalue weighted by Gasteiger charge is 2.48. The third kappa shape index (κ3) is 3.25. The quantitative estimate of drug-likeness (QED) is 0.839. The number of alkyl halides is 3. The van der Waals surface area contributed by atoms with Crippen LogP contribution in [0.5, 0.6) is 0 Å².